The fourth-order valence-corrected chi connectivity index (χ4v) is 1.82. The smallest absolute Gasteiger partial charge is 0.0451 e. The number of hydrogen-bond acceptors (Lipinski definition) is 2. The minimum Gasteiger partial charge on any atom is -0.396 e. The van der Waals surface area contributed by atoms with E-state index >= 15 is 0 Å². The summed E-state index contributed by atoms with van der Waals surface area (Å²) < 4.78 is 0. The average Bonchev–Trinajstić information content (AvgIpc) is 2.02. The van der Waals surface area contributed by atoms with Crippen LogP contribution in [0.3, 0.4) is 0 Å². The molecule has 0 aromatic heterocycles. The Morgan fingerprint density at radius 3 is 2.50 bits per heavy atom. The maximum absolute atomic E-state index is 8.93. The summed E-state index contributed by atoms with van der Waals surface area (Å²) in [6, 6.07) is 6.24. The van der Waals surface area contributed by atoms with Gasteiger partial charge in [-0.2, -0.15) is 0 Å². The molecule has 0 heterocycles. The molecule has 0 aliphatic heterocycles. The first-order chi connectivity index (χ1) is 6.47. The second-order valence-corrected chi connectivity index (χ2v) is 4.21. The predicted molar refractivity (Wildman–Crippen MR) is 59.2 cm³/mol. The SMILES string of the molecule is Cc1ccc([C@](C)(N)CCO)c(C)c1. The standard InChI is InChI=1S/C12H19NO/c1-9-4-5-11(10(2)8-9)12(3,13)6-7-14/h4-5,8,14H,6-7,13H2,1-3H3/t12-/m1/s1. The van der Waals surface area contributed by atoms with Gasteiger partial charge in [0, 0.05) is 12.1 Å². The van der Waals surface area contributed by atoms with Crippen LogP contribution in [0.2, 0.25) is 0 Å². The van der Waals surface area contributed by atoms with Gasteiger partial charge in [0.15, 0.2) is 0 Å². The van der Waals surface area contributed by atoms with Crippen LogP contribution in [0, 0.1) is 13.8 Å². The molecule has 0 saturated heterocycles. The van der Waals surface area contributed by atoms with Crippen molar-refractivity contribution < 1.29 is 5.11 Å². The quantitative estimate of drug-likeness (QED) is 0.769. The van der Waals surface area contributed by atoms with Gasteiger partial charge in [-0.1, -0.05) is 23.8 Å². The first-order valence-corrected chi connectivity index (χ1v) is 4.95. The fraction of sp³-hybridized carbons (Fsp3) is 0.500. The van der Waals surface area contributed by atoms with Crippen LogP contribution in [-0.2, 0) is 5.54 Å². The molecule has 2 nitrogen and oxygen atoms in total. The Kier molecular flexibility index (Phi) is 3.29. The summed E-state index contributed by atoms with van der Waals surface area (Å²) in [7, 11) is 0. The second kappa shape index (κ2) is 4.11. The lowest BCUT2D eigenvalue weighted by molar-refractivity contribution is 0.247. The molecule has 0 aliphatic carbocycles. The number of aryl methyl sites for hydroxylation is 2. The lowest BCUT2D eigenvalue weighted by Crippen LogP contribution is -2.34. The van der Waals surface area contributed by atoms with E-state index in [9.17, 15) is 0 Å². The Morgan fingerprint density at radius 2 is 2.00 bits per heavy atom. The maximum atomic E-state index is 8.93. The topological polar surface area (TPSA) is 46.2 Å². The van der Waals surface area contributed by atoms with Crippen LogP contribution in [0.5, 0.6) is 0 Å². The van der Waals surface area contributed by atoms with E-state index in [1.54, 1.807) is 0 Å². The van der Waals surface area contributed by atoms with Crippen molar-refractivity contribution in [2.24, 2.45) is 5.73 Å². The predicted octanol–water partition coefficient (Wildman–Crippen LogP) is 1.86. The highest BCUT2D eigenvalue weighted by Gasteiger charge is 2.21. The molecule has 1 rings (SSSR count). The molecule has 0 unspecified atom stereocenters. The molecule has 0 aliphatic rings. The summed E-state index contributed by atoms with van der Waals surface area (Å²) in [5.41, 5.74) is 9.28. The largest absolute Gasteiger partial charge is 0.396 e. The fourth-order valence-electron chi connectivity index (χ4n) is 1.82. The third-order valence-electron chi connectivity index (χ3n) is 2.63. The van der Waals surface area contributed by atoms with Crippen LogP contribution >= 0.6 is 0 Å². The summed E-state index contributed by atoms with van der Waals surface area (Å²) in [5, 5.41) is 8.93. The van der Waals surface area contributed by atoms with Gasteiger partial charge in [0.25, 0.3) is 0 Å². The van der Waals surface area contributed by atoms with Crippen molar-refractivity contribution in [1.29, 1.82) is 0 Å². The van der Waals surface area contributed by atoms with E-state index in [4.69, 9.17) is 10.8 Å². The van der Waals surface area contributed by atoms with Crippen molar-refractivity contribution in [3.8, 4) is 0 Å². The van der Waals surface area contributed by atoms with Gasteiger partial charge in [-0.3, -0.25) is 0 Å². The molecular formula is C12H19NO. The lowest BCUT2D eigenvalue weighted by Gasteiger charge is -2.26. The number of rotatable bonds is 3. The highest BCUT2D eigenvalue weighted by Crippen LogP contribution is 2.25. The van der Waals surface area contributed by atoms with Crippen LogP contribution in [0.4, 0.5) is 0 Å². The van der Waals surface area contributed by atoms with Crippen molar-refractivity contribution in [2.45, 2.75) is 32.7 Å². The molecule has 0 spiro atoms. The van der Waals surface area contributed by atoms with E-state index in [0.717, 1.165) is 5.56 Å². The number of hydrogen-bond donors (Lipinski definition) is 2. The van der Waals surface area contributed by atoms with Gasteiger partial charge in [0.05, 0.1) is 0 Å². The van der Waals surface area contributed by atoms with Gasteiger partial charge in [0.2, 0.25) is 0 Å². The Bertz CT molecular complexity index is 318. The van der Waals surface area contributed by atoms with Crippen molar-refractivity contribution in [2.75, 3.05) is 6.61 Å². The molecule has 14 heavy (non-hydrogen) atoms. The zero-order chi connectivity index (χ0) is 10.8. The Hall–Kier alpha value is -0.860. The molecule has 3 N–H and O–H groups in total. The minimum atomic E-state index is -0.424. The average molecular weight is 193 g/mol. The van der Waals surface area contributed by atoms with E-state index in [-0.39, 0.29) is 6.61 Å². The van der Waals surface area contributed by atoms with E-state index in [1.807, 2.05) is 6.92 Å². The first kappa shape index (κ1) is 11.2. The molecule has 1 aromatic rings. The van der Waals surface area contributed by atoms with E-state index in [2.05, 4.69) is 32.0 Å². The molecular weight excluding hydrogens is 174 g/mol. The van der Waals surface area contributed by atoms with Crippen molar-refractivity contribution >= 4 is 0 Å². The number of nitrogens with two attached hydrogens (primary N) is 1. The van der Waals surface area contributed by atoms with Gasteiger partial charge < -0.3 is 10.8 Å². The minimum absolute atomic E-state index is 0.125. The lowest BCUT2D eigenvalue weighted by atomic mass is 9.86. The van der Waals surface area contributed by atoms with Crippen LogP contribution in [0.15, 0.2) is 18.2 Å². The summed E-state index contributed by atoms with van der Waals surface area (Å²) in [5.74, 6) is 0. The van der Waals surface area contributed by atoms with Crippen LogP contribution in [0.25, 0.3) is 0 Å². The Balaban J connectivity index is 3.06. The molecule has 0 bridgehead atoms. The Morgan fingerprint density at radius 1 is 1.36 bits per heavy atom. The summed E-state index contributed by atoms with van der Waals surface area (Å²) in [4.78, 5) is 0. The van der Waals surface area contributed by atoms with Crippen molar-refractivity contribution in [3.63, 3.8) is 0 Å². The van der Waals surface area contributed by atoms with E-state index in [0.29, 0.717) is 6.42 Å². The maximum Gasteiger partial charge on any atom is 0.0451 e. The van der Waals surface area contributed by atoms with Gasteiger partial charge in [-0.15, -0.1) is 0 Å². The van der Waals surface area contributed by atoms with Gasteiger partial charge in [0.1, 0.15) is 0 Å². The monoisotopic (exact) mass is 193 g/mol. The molecule has 0 radical (unpaired) electrons. The highest BCUT2D eigenvalue weighted by molar-refractivity contribution is 5.35. The number of benzene rings is 1. The molecule has 2 heteroatoms. The molecule has 1 atom stereocenters. The zero-order valence-electron chi connectivity index (χ0n) is 9.17. The van der Waals surface area contributed by atoms with Crippen molar-refractivity contribution in [1.82, 2.24) is 0 Å². The third kappa shape index (κ3) is 2.34. The second-order valence-electron chi connectivity index (χ2n) is 4.21. The molecule has 0 fully saturated rings. The Labute approximate surface area is 85.8 Å². The molecule has 0 amide bonds. The van der Waals surface area contributed by atoms with Crippen LogP contribution in [0.1, 0.15) is 30.0 Å². The summed E-state index contributed by atoms with van der Waals surface area (Å²) in [6.45, 7) is 6.21. The van der Waals surface area contributed by atoms with Gasteiger partial charge in [-0.25, -0.2) is 0 Å². The number of aliphatic hydroxyl groups is 1. The molecule has 1 aromatic carbocycles. The first-order valence-electron chi connectivity index (χ1n) is 4.95. The third-order valence-corrected chi connectivity index (χ3v) is 2.63. The normalized spacial score (nSPS) is 15.2. The van der Waals surface area contributed by atoms with E-state index in [1.165, 1.54) is 11.1 Å². The highest BCUT2D eigenvalue weighted by atomic mass is 16.3. The van der Waals surface area contributed by atoms with Crippen LogP contribution < -0.4 is 5.73 Å². The zero-order valence-corrected chi connectivity index (χ0v) is 9.17. The van der Waals surface area contributed by atoms with Crippen LogP contribution in [-0.4, -0.2) is 11.7 Å². The summed E-state index contributed by atoms with van der Waals surface area (Å²) >= 11 is 0. The van der Waals surface area contributed by atoms with E-state index < -0.39 is 5.54 Å². The number of aliphatic hydroxyl groups excluding tert-OH is 1. The van der Waals surface area contributed by atoms with Gasteiger partial charge >= 0.3 is 0 Å². The van der Waals surface area contributed by atoms with Gasteiger partial charge in [-0.05, 0) is 38.3 Å². The summed E-state index contributed by atoms with van der Waals surface area (Å²) in [6.07, 6.45) is 0.594. The van der Waals surface area contributed by atoms with Crippen molar-refractivity contribution in [3.05, 3.63) is 34.9 Å². The molecule has 78 valence electrons. The molecule has 0 saturated carbocycles.